The molecule has 0 fully saturated rings. The fraction of sp³-hybridized carbons (Fsp3) is 0.286. The summed E-state index contributed by atoms with van der Waals surface area (Å²) < 4.78 is 11.7. The number of nitrogens with zero attached hydrogens (tertiary/aromatic N) is 1. The smallest absolute Gasteiger partial charge is 0.460 e. The van der Waals surface area contributed by atoms with Gasteiger partial charge in [0.1, 0.15) is 16.5 Å². The molecule has 5 rings (SSSR count). The van der Waals surface area contributed by atoms with Crippen molar-refractivity contribution in [3.8, 4) is 11.3 Å². The molecule has 0 amide bonds. The molecule has 0 spiro atoms. The summed E-state index contributed by atoms with van der Waals surface area (Å²) in [6.07, 6.45) is 0. The first-order valence-corrected chi connectivity index (χ1v) is 12.5. The van der Waals surface area contributed by atoms with Gasteiger partial charge in [-0.05, 0) is 61.6 Å². The summed E-state index contributed by atoms with van der Waals surface area (Å²) in [4.78, 5) is 17.8. The Morgan fingerprint density at radius 1 is 1.11 bits per heavy atom. The lowest BCUT2D eigenvalue weighted by molar-refractivity contribution is 0.275. The van der Waals surface area contributed by atoms with Crippen LogP contribution in [-0.2, 0) is 11.3 Å². The van der Waals surface area contributed by atoms with E-state index >= 15 is 0 Å². The average Bonchev–Trinajstić information content (AvgIpc) is 3.22. The van der Waals surface area contributed by atoms with Crippen LogP contribution in [-0.4, -0.2) is 17.1 Å². The van der Waals surface area contributed by atoms with E-state index in [1.807, 2.05) is 65.0 Å². The number of rotatable bonds is 5. The fourth-order valence-corrected chi connectivity index (χ4v) is 5.06. The second kappa shape index (κ2) is 9.39. The van der Waals surface area contributed by atoms with E-state index in [-0.39, 0.29) is 17.4 Å². The average molecular weight is 503 g/mol. The Balaban J connectivity index is 1.59. The van der Waals surface area contributed by atoms with Crippen molar-refractivity contribution in [2.75, 3.05) is 5.32 Å². The Labute approximate surface area is 215 Å². The Kier molecular flexibility index (Phi) is 6.41. The molecule has 0 saturated carbocycles. The van der Waals surface area contributed by atoms with Crippen molar-refractivity contribution < 1.29 is 14.1 Å². The van der Waals surface area contributed by atoms with Crippen LogP contribution >= 0.6 is 11.6 Å². The summed E-state index contributed by atoms with van der Waals surface area (Å²) in [5.74, 6) is 0.801. The minimum atomic E-state index is -0.900. The molecule has 2 aromatic heterocycles. The second-order valence-electron chi connectivity index (χ2n) is 9.78. The number of fused-ring (bicyclic) bond motifs is 2. The first kappa shape index (κ1) is 24.6. The number of nitrogens with one attached hydrogen (secondary N) is 1. The maximum atomic E-state index is 13.2. The normalized spacial score (nSPS) is 13.9. The lowest BCUT2D eigenvalue weighted by Crippen LogP contribution is -2.27. The quantitative estimate of drug-likeness (QED) is 0.271. The van der Waals surface area contributed by atoms with E-state index in [1.54, 1.807) is 6.07 Å². The van der Waals surface area contributed by atoms with Crippen LogP contribution in [0.3, 0.4) is 0 Å². The monoisotopic (exact) mass is 502 g/mol. The molecule has 1 aliphatic rings. The summed E-state index contributed by atoms with van der Waals surface area (Å²) in [6.45, 7) is 10.2. The number of hydrogen-bond acceptors (Lipinski definition) is 6. The minimum Gasteiger partial charge on any atom is -0.460 e. The van der Waals surface area contributed by atoms with Gasteiger partial charge in [-0.3, -0.25) is 4.79 Å². The molecular weight excluding hydrogens is 475 g/mol. The molecule has 2 aromatic carbocycles. The van der Waals surface area contributed by atoms with E-state index in [2.05, 4.69) is 16.4 Å². The first-order chi connectivity index (χ1) is 17.1. The van der Waals surface area contributed by atoms with E-state index in [9.17, 15) is 9.82 Å². The summed E-state index contributed by atoms with van der Waals surface area (Å²) in [6, 6.07) is 13.1. The van der Waals surface area contributed by atoms with Gasteiger partial charge < -0.3 is 19.4 Å². The Morgan fingerprint density at radius 3 is 2.64 bits per heavy atom. The number of aryl methyl sites for hydroxylation is 1. The van der Waals surface area contributed by atoms with Gasteiger partial charge in [0.05, 0.1) is 29.4 Å². The number of benzene rings is 2. The van der Waals surface area contributed by atoms with Crippen LogP contribution in [0.15, 0.2) is 51.7 Å². The van der Waals surface area contributed by atoms with Crippen LogP contribution in [0.25, 0.3) is 22.2 Å². The highest BCUT2D eigenvalue weighted by atomic mass is 35.5. The van der Waals surface area contributed by atoms with Crippen LogP contribution in [0.5, 0.6) is 0 Å². The number of anilines is 1. The first-order valence-electron chi connectivity index (χ1n) is 12.1. The van der Waals surface area contributed by atoms with Crippen LogP contribution in [0.4, 0.5) is 5.69 Å². The standard InChI is InChI=1S/C28H28BClN2O4/c1-14(2)27-16(4)26(33)21-11-15(3)10-20(28(21)36-27)17(5)31-23-8-9-24(30)32-25(23)18-6-7-22-19(12-18)13-35-29(22)34/h6-12,14,17,31,34H,13H2,1-5H3/t17-/m0/s1. The molecule has 184 valence electrons. The van der Waals surface area contributed by atoms with Gasteiger partial charge >= 0.3 is 7.12 Å². The van der Waals surface area contributed by atoms with E-state index in [0.717, 1.165) is 33.4 Å². The molecule has 0 radical (unpaired) electrons. The Morgan fingerprint density at radius 2 is 1.89 bits per heavy atom. The van der Waals surface area contributed by atoms with Crippen LogP contribution in [0.2, 0.25) is 5.15 Å². The number of halogens is 1. The third kappa shape index (κ3) is 4.32. The molecule has 6 nitrogen and oxygen atoms in total. The Hall–Kier alpha value is -3.13. The molecule has 8 heteroatoms. The summed E-state index contributed by atoms with van der Waals surface area (Å²) in [7, 11) is -0.900. The molecule has 0 saturated heterocycles. The number of pyridine rings is 1. The largest absolute Gasteiger partial charge is 0.491 e. The number of hydrogen-bond donors (Lipinski definition) is 2. The second-order valence-corrected chi connectivity index (χ2v) is 10.2. The third-order valence-corrected chi connectivity index (χ3v) is 6.94. The van der Waals surface area contributed by atoms with Gasteiger partial charge in [-0.1, -0.05) is 43.6 Å². The summed E-state index contributed by atoms with van der Waals surface area (Å²) in [5.41, 5.74) is 7.18. The maximum absolute atomic E-state index is 13.2. The van der Waals surface area contributed by atoms with Gasteiger partial charge in [0.15, 0.2) is 5.43 Å². The van der Waals surface area contributed by atoms with E-state index in [1.165, 1.54) is 0 Å². The molecular formula is C28H28BClN2O4. The van der Waals surface area contributed by atoms with Crippen LogP contribution in [0, 0.1) is 13.8 Å². The van der Waals surface area contributed by atoms with Gasteiger partial charge in [-0.25, -0.2) is 4.98 Å². The van der Waals surface area contributed by atoms with Gasteiger partial charge in [0.25, 0.3) is 0 Å². The van der Waals surface area contributed by atoms with Crippen molar-refractivity contribution >= 4 is 40.8 Å². The molecule has 36 heavy (non-hydrogen) atoms. The van der Waals surface area contributed by atoms with Crippen molar-refractivity contribution in [1.29, 1.82) is 0 Å². The van der Waals surface area contributed by atoms with E-state index < -0.39 is 7.12 Å². The van der Waals surface area contributed by atoms with Crippen molar-refractivity contribution in [2.45, 2.75) is 53.2 Å². The van der Waals surface area contributed by atoms with Crippen LogP contribution < -0.4 is 16.2 Å². The SMILES string of the molecule is Cc1cc([C@H](C)Nc2ccc(Cl)nc2-c2ccc3c(c2)COB3O)c2oc(C(C)C)c(C)c(=O)c2c1. The van der Waals surface area contributed by atoms with Crippen molar-refractivity contribution in [3.63, 3.8) is 0 Å². The van der Waals surface area contributed by atoms with E-state index in [4.69, 9.17) is 20.7 Å². The third-order valence-electron chi connectivity index (χ3n) is 6.73. The minimum absolute atomic E-state index is 0.00787. The van der Waals surface area contributed by atoms with Gasteiger partial charge in [-0.15, -0.1) is 0 Å². The predicted octanol–water partition coefficient (Wildman–Crippen LogP) is 5.64. The van der Waals surface area contributed by atoms with Gasteiger partial charge in [0, 0.05) is 22.6 Å². The van der Waals surface area contributed by atoms with Crippen molar-refractivity contribution in [3.05, 3.63) is 85.9 Å². The fourth-order valence-electron chi connectivity index (χ4n) is 4.92. The van der Waals surface area contributed by atoms with Crippen LogP contribution in [0.1, 0.15) is 60.7 Å². The summed E-state index contributed by atoms with van der Waals surface area (Å²) in [5, 5.41) is 14.5. The highest BCUT2D eigenvalue weighted by Crippen LogP contribution is 2.34. The molecule has 3 heterocycles. The zero-order chi connectivity index (χ0) is 25.7. The van der Waals surface area contributed by atoms with E-state index in [0.29, 0.717) is 39.7 Å². The molecule has 0 unspecified atom stereocenters. The summed E-state index contributed by atoms with van der Waals surface area (Å²) >= 11 is 6.29. The highest BCUT2D eigenvalue weighted by molar-refractivity contribution is 6.61. The topological polar surface area (TPSA) is 84.6 Å². The maximum Gasteiger partial charge on any atom is 0.491 e. The Bertz CT molecular complexity index is 1550. The molecule has 1 atom stereocenters. The molecule has 2 N–H and O–H groups in total. The lowest BCUT2D eigenvalue weighted by atomic mass is 9.79. The molecule has 4 aromatic rings. The van der Waals surface area contributed by atoms with Gasteiger partial charge in [0.2, 0.25) is 0 Å². The molecule has 1 aliphatic heterocycles. The zero-order valence-electron chi connectivity index (χ0n) is 21.0. The zero-order valence-corrected chi connectivity index (χ0v) is 21.7. The molecule has 0 bridgehead atoms. The van der Waals surface area contributed by atoms with Gasteiger partial charge in [-0.2, -0.15) is 0 Å². The predicted molar refractivity (Wildman–Crippen MR) is 145 cm³/mol. The lowest BCUT2D eigenvalue weighted by Gasteiger charge is -2.21. The highest BCUT2D eigenvalue weighted by Gasteiger charge is 2.28. The molecule has 0 aliphatic carbocycles. The van der Waals surface area contributed by atoms with Crippen molar-refractivity contribution in [1.82, 2.24) is 4.98 Å². The van der Waals surface area contributed by atoms with Crippen molar-refractivity contribution in [2.24, 2.45) is 0 Å². The number of aromatic nitrogens is 1.